The number of rotatable bonds is 5. The summed E-state index contributed by atoms with van der Waals surface area (Å²) in [6.45, 7) is 0.198. The van der Waals surface area contributed by atoms with E-state index in [2.05, 4.69) is 25.8 Å². The molecule has 0 aliphatic rings. The summed E-state index contributed by atoms with van der Waals surface area (Å²) in [5.74, 6) is -0.964. The van der Waals surface area contributed by atoms with Gasteiger partial charge in [0.1, 0.15) is 11.3 Å². The Morgan fingerprint density at radius 1 is 1.14 bits per heavy atom. The molecule has 0 atom stereocenters. The van der Waals surface area contributed by atoms with Gasteiger partial charge in [-0.15, -0.1) is 10.2 Å². The number of carbonyl (C=O) groups is 1. The lowest BCUT2D eigenvalue weighted by molar-refractivity contribution is 0.0946. The number of fused-ring (bicyclic) bond motifs is 1. The van der Waals surface area contributed by atoms with Crippen LogP contribution in [0.3, 0.4) is 0 Å². The maximum Gasteiger partial charge on any atom is 0.277 e. The summed E-state index contributed by atoms with van der Waals surface area (Å²) < 4.78 is 14.4. The van der Waals surface area contributed by atoms with Gasteiger partial charge in [-0.1, -0.05) is 23.4 Å². The number of hydrogen-bond acceptors (Lipinski definition) is 6. The van der Waals surface area contributed by atoms with E-state index < -0.39 is 17.3 Å². The zero-order valence-electron chi connectivity index (χ0n) is 14.5. The van der Waals surface area contributed by atoms with Gasteiger partial charge in [0.05, 0.1) is 23.8 Å². The molecule has 0 saturated carbocycles. The largest absolute Gasteiger partial charge is 0.349 e. The number of halogens is 1. The van der Waals surface area contributed by atoms with E-state index in [1.807, 2.05) is 30.3 Å². The third-order valence-electron chi connectivity index (χ3n) is 4.00. The van der Waals surface area contributed by atoms with E-state index in [1.54, 1.807) is 0 Å². The highest BCUT2D eigenvalue weighted by Gasteiger charge is 2.12. The summed E-state index contributed by atoms with van der Waals surface area (Å²) in [5, 5.41) is 18.6. The maximum atomic E-state index is 13.4. The van der Waals surface area contributed by atoms with Crippen molar-refractivity contribution in [3.8, 4) is 5.69 Å². The van der Waals surface area contributed by atoms with Crippen LogP contribution in [0, 0.1) is 5.82 Å². The standard InChI is InChI=1S/C18H14FN7O2/c19-12-6-7-15-14(10-12)18(28)25(24-22-15)9-8-20-17(27)16-11-21-26(23-16)13-4-2-1-3-5-13/h1-7,10-11H,8-9H2,(H,20,27). The molecular formula is C18H14FN7O2. The Labute approximate surface area is 157 Å². The van der Waals surface area contributed by atoms with Crippen molar-refractivity contribution in [3.05, 3.63) is 76.6 Å². The average molecular weight is 379 g/mol. The van der Waals surface area contributed by atoms with Crippen LogP contribution in [0.2, 0.25) is 0 Å². The molecule has 9 nitrogen and oxygen atoms in total. The van der Waals surface area contributed by atoms with Crippen molar-refractivity contribution in [3.63, 3.8) is 0 Å². The molecule has 0 bridgehead atoms. The molecule has 1 N–H and O–H groups in total. The molecule has 140 valence electrons. The number of nitrogens with zero attached hydrogens (tertiary/aromatic N) is 6. The Kier molecular flexibility index (Phi) is 4.58. The monoisotopic (exact) mass is 379 g/mol. The quantitative estimate of drug-likeness (QED) is 0.553. The SMILES string of the molecule is O=C(NCCn1nnc2ccc(F)cc2c1=O)c1cnn(-c2ccccc2)n1. The zero-order chi connectivity index (χ0) is 19.5. The fourth-order valence-electron chi connectivity index (χ4n) is 2.61. The van der Waals surface area contributed by atoms with Crippen LogP contribution in [-0.4, -0.2) is 42.4 Å². The molecule has 28 heavy (non-hydrogen) atoms. The van der Waals surface area contributed by atoms with Gasteiger partial charge >= 0.3 is 0 Å². The summed E-state index contributed by atoms with van der Waals surface area (Å²) in [6, 6.07) is 12.9. The highest BCUT2D eigenvalue weighted by molar-refractivity contribution is 5.91. The van der Waals surface area contributed by atoms with E-state index in [0.717, 1.165) is 16.4 Å². The number of benzene rings is 2. The number of aromatic nitrogens is 6. The van der Waals surface area contributed by atoms with E-state index in [0.29, 0.717) is 5.52 Å². The van der Waals surface area contributed by atoms with Crippen molar-refractivity contribution in [2.24, 2.45) is 0 Å². The normalized spacial score (nSPS) is 10.9. The Balaban J connectivity index is 1.42. The average Bonchev–Trinajstić information content (AvgIpc) is 3.21. The smallest absolute Gasteiger partial charge is 0.277 e. The van der Waals surface area contributed by atoms with Crippen molar-refractivity contribution in [1.82, 2.24) is 35.3 Å². The first-order valence-corrected chi connectivity index (χ1v) is 8.41. The molecule has 2 aromatic heterocycles. The van der Waals surface area contributed by atoms with Gasteiger partial charge in [0.15, 0.2) is 5.69 Å². The Hall–Kier alpha value is -3.95. The highest BCUT2D eigenvalue weighted by Crippen LogP contribution is 2.07. The maximum absolute atomic E-state index is 13.4. The number of carbonyl (C=O) groups excluding carboxylic acids is 1. The van der Waals surface area contributed by atoms with Gasteiger partial charge in [0.2, 0.25) is 0 Å². The second-order valence-corrected chi connectivity index (χ2v) is 5.89. The minimum atomic E-state index is -0.529. The highest BCUT2D eigenvalue weighted by atomic mass is 19.1. The second kappa shape index (κ2) is 7.35. The van der Waals surface area contributed by atoms with E-state index in [4.69, 9.17) is 0 Å². The summed E-state index contributed by atoms with van der Waals surface area (Å²) in [4.78, 5) is 25.9. The number of para-hydroxylation sites is 1. The van der Waals surface area contributed by atoms with Crippen LogP contribution < -0.4 is 10.9 Å². The van der Waals surface area contributed by atoms with Crippen LogP contribution in [0.5, 0.6) is 0 Å². The van der Waals surface area contributed by atoms with Gasteiger partial charge in [-0.05, 0) is 30.3 Å². The minimum absolute atomic E-state index is 0.0802. The summed E-state index contributed by atoms with van der Waals surface area (Å²) >= 11 is 0. The topological polar surface area (TPSA) is 108 Å². The van der Waals surface area contributed by atoms with Crippen molar-refractivity contribution in [2.45, 2.75) is 6.54 Å². The second-order valence-electron chi connectivity index (χ2n) is 5.89. The van der Waals surface area contributed by atoms with Gasteiger partial charge in [0, 0.05) is 6.54 Å². The van der Waals surface area contributed by atoms with Crippen LogP contribution in [-0.2, 0) is 6.54 Å². The van der Waals surface area contributed by atoms with Crippen LogP contribution in [0.15, 0.2) is 59.5 Å². The lowest BCUT2D eigenvalue weighted by atomic mass is 10.2. The van der Waals surface area contributed by atoms with E-state index >= 15 is 0 Å². The third kappa shape index (κ3) is 3.47. The van der Waals surface area contributed by atoms with Gasteiger partial charge in [-0.3, -0.25) is 9.59 Å². The predicted octanol–water partition coefficient (Wildman–Crippen LogP) is 0.941. The first kappa shape index (κ1) is 17.5. The van der Waals surface area contributed by atoms with Crippen LogP contribution >= 0.6 is 0 Å². The van der Waals surface area contributed by atoms with Gasteiger partial charge in [0.25, 0.3) is 11.5 Å². The molecule has 4 aromatic rings. The first-order valence-electron chi connectivity index (χ1n) is 8.41. The number of amides is 1. The van der Waals surface area contributed by atoms with Gasteiger partial charge in [-0.25, -0.2) is 9.07 Å². The Morgan fingerprint density at radius 3 is 2.79 bits per heavy atom. The molecule has 0 radical (unpaired) electrons. The van der Waals surface area contributed by atoms with Crippen LogP contribution in [0.4, 0.5) is 4.39 Å². The molecule has 0 fully saturated rings. The number of hydrogen-bond donors (Lipinski definition) is 1. The first-order chi connectivity index (χ1) is 13.6. The molecule has 4 rings (SSSR count). The van der Waals surface area contributed by atoms with Gasteiger partial charge < -0.3 is 5.32 Å². The van der Waals surface area contributed by atoms with Crippen molar-refractivity contribution in [1.29, 1.82) is 0 Å². The van der Waals surface area contributed by atoms with Crippen molar-refractivity contribution < 1.29 is 9.18 Å². The molecule has 2 aromatic carbocycles. The van der Waals surface area contributed by atoms with Crippen molar-refractivity contribution in [2.75, 3.05) is 6.54 Å². The molecule has 0 aliphatic carbocycles. The summed E-state index contributed by atoms with van der Waals surface area (Å²) in [5.41, 5.74) is 0.702. The zero-order valence-corrected chi connectivity index (χ0v) is 14.5. The van der Waals surface area contributed by atoms with Gasteiger partial charge in [-0.2, -0.15) is 9.90 Å². The third-order valence-corrected chi connectivity index (χ3v) is 4.00. The van der Waals surface area contributed by atoms with E-state index in [1.165, 1.54) is 23.1 Å². The molecule has 0 saturated heterocycles. The molecule has 0 aliphatic heterocycles. The van der Waals surface area contributed by atoms with Crippen molar-refractivity contribution >= 4 is 16.8 Å². The van der Waals surface area contributed by atoms with E-state index in [-0.39, 0.29) is 24.2 Å². The number of nitrogens with one attached hydrogen (secondary N) is 1. The van der Waals surface area contributed by atoms with Crippen LogP contribution in [0.1, 0.15) is 10.5 Å². The minimum Gasteiger partial charge on any atom is -0.349 e. The molecule has 0 unspecified atom stereocenters. The van der Waals surface area contributed by atoms with Crippen LogP contribution in [0.25, 0.3) is 16.6 Å². The molecule has 0 spiro atoms. The lowest BCUT2D eigenvalue weighted by Crippen LogP contribution is -2.32. The Morgan fingerprint density at radius 2 is 1.96 bits per heavy atom. The molecule has 2 heterocycles. The lowest BCUT2D eigenvalue weighted by Gasteiger charge is -2.06. The molecular weight excluding hydrogens is 365 g/mol. The fraction of sp³-hybridized carbons (Fsp3) is 0.111. The Bertz CT molecular complexity index is 1200. The molecule has 10 heteroatoms. The molecule has 1 amide bonds. The summed E-state index contributed by atoms with van der Waals surface area (Å²) in [7, 11) is 0. The fourth-order valence-corrected chi connectivity index (χ4v) is 2.61. The predicted molar refractivity (Wildman–Crippen MR) is 97.4 cm³/mol. The summed E-state index contributed by atoms with van der Waals surface area (Å²) in [6.07, 6.45) is 1.35. The van der Waals surface area contributed by atoms with E-state index in [9.17, 15) is 14.0 Å².